The summed E-state index contributed by atoms with van der Waals surface area (Å²) >= 11 is 0. The molecule has 0 aliphatic heterocycles. The van der Waals surface area contributed by atoms with Crippen LogP contribution in [0.3, 0.4) is 0 Å². The van der Waals surface area contributed by atoms with E-state index in [-0.39, 0.29) is 12.3 Å². The fourth-order valence-corrected chi connectivity index (χ4v) is 2.53. The number of anilines is 1. The third-order valence-electron chi connectivity index (χ3n) is 3.79. The van der Waals surface area contributed by atoms with Crippen LogP contribution in [0.1, 0.15) is 5.56 Å². The van der Waals surface area contributed by atoms with Crippen LogP contribution in [-0.2, 0) is 11.2 Å². The number of amides is 1. The highest BCUT2D eigenvalue weighted by Crippen LogP contribution is 2.27. The van der Waals surface area contributed by atoms with Crippen molar-refractivity contribution in [3.63, 3.8) is 0 Å². The van der Waals surface area contributed by atoms with E-state index in [2.05, 4.69) is 15.5 Å². The van der Waals surface area contributed by atoms with Crippen LogP contribution in [0, 0.1) is 0 Å². The molecule has 6 nitrogen and oxygen atoms in total. The number of nitrogens with one attached hydrogen (secondary N) is 2. The number of nitrogens with zero attached hydrogens (tertiary/aromatic N) is 1. The summed E-state index contributed by atoms with van der Waals surface area (Å²) in [5, 5.41) is 9.73. The lowest BCUT2D eigenvalue weighted by molar-refractivity contribution is -0.115. The van der Waals surface area contributed by atoms with Gasteiger partial charge in [0, 0.05) is 11.9 Å². The fraction of sp³-hybridized carbons (Fsp3) is 0.158. The number of hydrogen-bond donors (Lipinski definition) is 2. The Bertz CT molecular complexity index is 843. The molecule has 0 radical (unpaired) electrons. The number of carbonyl (C=O) groups excluding carboxylic acids is 1. The molecule has 3 aromatic rings. The van der Waals surface area contributed by atoms with Crippen molar-refractivity contribution in [3.8, 4) is 22.8 Å². The Hall–Kier alpha value is -3.28. The number of hydrogen-bond acceptors (Lipinski definition) is 4. The van der Waals surface area contributed by atoms with Gasteiger partial charge in [-0.2, -0.15) is 5.10 Å². The van der Waals surface area contributed by atoms with Gasteiger partial charge in [-0.25, -0.2) is 0 Å². The van der Waals surface area contributed by atoms with E-state index >= 15 is 0 Å². The molecule has 0 aliphatic rings. The first-order valence-corrected chi connectivity index (χ1v) is 7.80. The maximum Gasteiger partial charge on any atom is 0.228 e. The van der Waals surface area contributed by atoms with Gasteiger partial charge in [-0.1, -0.05) is 18.2 Å². The number of aromatic nitrogens is 2. The molecule has 2 N–H and O–H groups in total. The molecule has 1 heterocycles. The zero-order chi connectivity index (χ0) is 17.6. The van der Waals surface area contributed by atoms with Crippen molar-refractivity contribution in [2.45, 2.75) is 6.42 Å². The summed E-state index contributed by atoms with van der Waals surface area (Å²) in [4.78, 5) is 12.3. The molecule has 1 amide bonds. The SMILES string of the molecule is COc1ccc(CC(=O)Nc2ccc(-c3ccn[nH]3)cc2)cc1OC. The molecule has 0 fully saturated rings. The van der Waals surface area contributed by atoms with Gasteiger partial charge < -0.3 is 14.8 Å². The number of rotatable bonds is 6. The minimum absolute atomic E-state index is 0.0958. The molecule has 6 heteroatoms. The summed E-state index contributed by atoms with van der Waals surface area (Å²) in [5.74, 6) is 1.15. The van der Waals surface area contributed by atoms with Crippen LogP contribution in [0.15, 0.2) is 54.7 Å². The van der Waals surface area contributed by atoms with Crippen LogP contribution < -0.4 is 14.8 Å². The molecule has 25 heavy (non-hydrogen) atoms. The Labute approximate surface area is 145 Å². The molecule has 0 saturated carbocycles. The number of ether oxygens (including phenoxy) is 2. The van der Waals surface area contributed by atoms with Crippen LogP contribution >= 0.6 is 0 Å². The highest BCUT2D eigenvalue weighted by atomic mass is 16.5. The zero-order valence-corrected chi connectivity index (χ0v) is 14.1. The third-order valence-corrected chi connectivity index (χ3v) is 3.79. The van der Waals surface area contributed by atoms with Crippen molar-refractivity contribution in [1.82, 2.24) is 10.2 Å². The van der Waals surface area contributed by atoms with Crippen LogP contribution in [0.2, 0.25) is 0 Å². The maximum absolute atomic E-state index is 12.3. The van der Waals surface area contributed by atoms with Crippen molar-refractivity contribution in [2.75, 3.05) is 19.5 Å². The van der Waals surface area contributed by atoms with Crippen LogP contribution in [0.25, 0.3) is 11.3 Å². The summed E-state index contributed by atoms with van der Waals surface area (Å²) in [7, 11) is 3.15. The predicted octanol–water partition coefficient (Wildman–Crippen LogP) is 3.28. The van der Waals surface area contributed by atoms with Crippen molar-refractivity contribution in [1.29, 1.82) is 0 Å². The van der Waals surface area contributed by atoms with E-state index < -0.39 is 0 Å². The molecule has 3 rings (SSSR count). The largest absolute Gasteiger partial charge is 0.493 e. The Kier molecular flexibility index (Phi) is 4.99. The number of carbonyl (C=O) groups is 1. The predicted molar refractivity (Wildman–Crippen MR) is 95.9 cm³/mol. The number of aromatic amines is 1. The minimum atomic E-state index is -0.0958. The van der Waals surface area contributed by atoms with Gasteiger partial charge in [0.1, 0.15) is 0 Å². The lowest BCUT2D eigenvalue weighted by Gasteiger charge is -2.10. The summed E-state index contributed by atoms with van der Waals surface area (Å²) in [6.07, 6.45) is 1.96. The van der Waals surface area contributed by atoms with Gasteiger partial charge in [-0.05, 0) is 41.5 Å². The van der Waals surface area contributed by atoms with Gasteiger partial charge >= 0.3 is 0 Å². The summed E-state index contributed by atoms with van der Waals surface area (Å²) < 4.78 is 10.5. The Morgan fingerprint density at radius 3 is 2.44 bits per heavy atom. The first kappa shape index (κ1) is 16.6. The molecule has 0 atom stereocenters. The molecule has 2 aromatic carbocycles. The molecule has 0 aliphatic carbocycles. The van der Waals surface area contributed by atoms with Gasteiger partial charge in [0.15, 0.2) is 11.5 Å². The molecule has 128 valence electrons. The zero-order valence-electron chi connectivity index (χ0n) is 14.1. The monoisotopic (exact) mass is 337 g/mol. The highest BCUT2D eigenvalue weighted by molar-refractivity contribution is 5.92. The van der Waals surface area contributed by atoms with Gasteiger partial charge in [-0.15, -0.1) is 0 Å². The van der Waals surface area contributed by atoms with Crippen LogP contribution in [0.5, 0.6) is 11.5 Å². The maximum atomic E-state index is 12.3. The Morgan fingerprint density at radius 2 is 1.80 bits per heavy atom. The second kappa shape index (κ2) is 7.53. The normalized spacial score (nSPS) is 10.3. The van der Waals surface area contributed by atoms with E-state index in [1.54, 1.807) is 32.5 Å². The quantitative estimate of drug-likeness (QED) is 0.724. The summed E-state index contributed by atoms with van der Waals surface area (Å²) in [5.41, 5.74) is 3.54. The number of methoxy groups -OCH3 is 2. The van der Waals surface area contributed by atoms with Crippen molar-refractivity contribution >= 4 is 11.6 Å². The van der Waals surface area contributed by atoms with E-state index in [4.69, 9.17) is 9.47 Å². The van der Waals surface area contributed by atoms with Crippen molar-refractivity contribution in [3.05, 3.63) is 60.3 Å². The van der Waals surface area contributed by atoms with E-state index in [0.29, 0.717) is 11.5 Å². The topological polar surface area (TPSA) is 76.2 Å². The van der Waals surface area contributed by atoms with Crippen LogP contribution in [-0.4, -0.2) is 30.3 Å². The van der Waals surface area contributed by atoms with Gasteiger partial charge in [0.2, 0.25) is 5.91 Å². The van der Waals surface area contributed by atoms with Crippen LogP contribution in [0.4, 0.5) is 5.69 Å². The second-order valence-corrected chi connectivity index (χ2v) is 5.46. The van der Waals surface area contributed by atoms with Gasteiger partial charge in [-0.3, -0.25) is 9.89 Å². The van der Waals surface area contributed by atoms with Crippen molar-refractivity contribution < 1.29 is 14.3 Å². The molecule has 1 aromatic heterocycles. The second-order valence-electron chi connectivity index (χ2n) is 5.46. The smallest absolute Gasteiger partial charge is 0.228 e. The van der Waals surface area contributed by atoms with E-state index in [9.17, 15) is 4.79 Å². The molecule has 0 spiro atoms. The average Bonchev–Trinajstić information content (AvgIpc) is 3.17. The van der Waals surface area contributed by atoms with Crippen molar-refractivity contribution in [2.24, 2.45) is 0 Å². The highest BCUT2D eigenvalue weighted by Gasteiger charge is 2.09. The standard InChI is InChI=1S/C19H19N3O3/c1-24-17-8-3-13(11-18(17)25-2)12-19(23)21-15-6-4-14(5-7-15)16-9-10-20-22-16/h3-11H,12H2,1-2H3,(H,20,22)(H,21,23). The summed E-state index contributed by atoms with van der Waals surface area (Å²) in [6.45, 7) is 0. The molecule has 0 saturated heterocycles. The molecular weight excluding hydrogens is 318 g/mol. The van der Waals surface area contributed by atoms with E-state index in [1.807, 2.05) is 36.4 Å². The first-order chi connectivity index (χ1) is 12.2. The first-order valence-electron chi connectivity index (χ1n) is 7.80. The van der Waals surface area contributed by atoms with Gasteiger partial charge in [0.05, 0.1) is 26.3 Å². The Balaban J connectivity index is 1.64. The molecule has 0 bridgehead atoms. The molecule has 0 unspecified atom stereocenters. The minimum Gasteiger partial charge on any atom is -0.493 e. The number of benzene rings is 2. The molecular formula is C19H19N3O3. The average molecular weight is 337 g/mol. The lowest BCUT2D eigenvalue weighted by Crippen LogP contribution is -2.14. The number of H-pyrrole nitrogens is 1. The Morgan fingerprint density at radius 1 is 1.04 bits per heavy atom. The van der Waals surface area contributed by atoms with E-state index in [0.717, 1.165) is 22.5 Å². The summed E-state index contributed by atoms with van der Waals surface area (Å²) in [6, 6.07) is 14.9. The van der Waals surface area contributed by atoms with Gasteiger partial charge in [0.25, 0.3) is 0 Å². The lowest BCUT2D eigenvalue weighted by atomic mass is 10.1. The van der Waals surface area contributed by atoms with E-state index in [1.165, 1.54) is 0 Å². The fourth-order valence-electron chi connectivity index (χ4n) is 2.53. The third kappa shape index (κ3) is 3.98.